The van der Waals surface area contributed by atoms with Crippen LogP contribution in [0.5, 0.6) is 0 Å². The highest BCUT2D eigenvalue weighted by Crippen LogP contribution is 2.28. The number of hydrogen-bond acceptors (Lipinski definition) is 6. The molecule has 27 heavy (non-hydrogen) atoms. The van der Waals surface area contributed by atoms with E-state index in [9.17, 15) is 4.79 Å². The largest absolute Gasteiger partial charge is 0.381 e. The van der Waals surface area contributed by atoms with Crippen molar-refractivity contribution in [2.75, 3.05) is 30.0 Å². The van der Waals surface area contributed by atoms with Crippen LogP contribution in [0, 0.1) is 0 Å². The maximum Gasteiger partial charge on any atom is 0.257 e. The zero-order chi connectivity index (χ0) is 18.6. The number of carbonyl (C=O) groups excluding carboxylic acids is 1. The van der Waals surface area contributed by atoms with Gasteiger partial charge in [-0.15, -0.1) is 0 Å². The third kappa shape index (κ3) is 3.93. The number of amides is 1. The van der Waals surface area contributed by atoms with Gasteiger partial charge < -0.3 is 15.0 Å². The van der Waals surface area contributed by atoms with Crippen LogP contribution in [-0.2, 0) is 17.6 Å². The lowest BCUT2D eigenvalue weighted by molar-refractivity contribution is 0.102. The van der Waals surface area contributed by atoms with Crippen molar-refractivity contribution in [1.82, 2.24) is 15.0 Å². The van der Waals surface area contributed by atoms with Crippen molar-refractivity contribution < 1.29 is 9.53 Å². The highest BCUT2D eigenvalue weighted by Gasteiger charge is 2.25. The fourth-order valence-corrected chi connectivity index (χ4v) is 3.88. The summed E-state index contributed by atoms with van der Waals surface area (Å²) in [4.78, 5) is 28.5. The monoisotopic (exact) mass is 367 g/mol. The average Bonchev–Trinajstić information content (AvgIpc) is 2.94. The Hall–Kier alpha value is -2.54. The number of piperidine rings is 1. The molecule has 0 saturated carbocycles. The molecular weight excluding hydrogens is 342 g/mol. The van der Waals surface area contributed by atoms with Gasteiger partial charge in [0.15, 0.2) is 5.82 Å². The molecule has 1 N–H and O–H groups in total. The molecule has 1 fully saturated rings. The minimum Gasteiger partial charge on any atom is -0.381 e. The third-order valence-corrected chi connectivity index (χ3v) is 5.32. The van der Waals surface area contributed by atoms with Gasteiger partial charge in [-0.2, -0.15) is 0 Å². The first-order valence-electron chi connectivity index (χ1n) is 9.67. The second-order valence-corrected chi connectivity index (χ2v) is 7.15. The Balaban J connectivity index is 1.71. The van der Waals surface area contributed by atoms with E-state index >= 15 is 0 Å². The van der Waals surface area contributed by atoms with Crippen LogP contribution in [0.2, 0.25) is 0 Å². The number of carbonyl (C=O) groups is 1. The predicted molar refractivity (Wildman–Crippen MR) is 103 cm³/mol. The molecule has 7 nitrogen and oxygen atoms in total. The smallest absolute Gasteiger partial charge is 0.257 e. The molecule has 7 heteroatoms. The van der Waals surface area contributed by atoms with Gasteiger partial charge in [-0.25, -0.2) is 9.97 Å². The Morgan fingerprint density at radius 2 is 2.15 bits per heavy atom. The van der Waals surface area contributed by atoms with Gasteiger partial charge in [0.25, 0.3) is 5.91 Å². The Labute approximate surface area is 159 Å². The lowest BCUT2D eigenvalue weighted by Crippen LogP contribution is -2.38. The SMILES string of the molecule is CC1CCCCN1c1cc(C(=O)Nc2cnccn2)c2c(n1)CCOCC2. The molecule has 0 aliphatic carbocycles. The van der Waals surface area contributed by atoms with Gasteiger partial charge in [0.05, 0.1) is 19.4 Å². The summed E-state index contributed by atoms with van der Waals surface area (Å²) < 4.78 is 5.63. The van der Waals surface area contributed by atoms with Gasteiger partial charge in [0, 0.05) is 42.7 Å². The van der Waals surface area contributed by atoms with Crippen LogP contribution >= 0.6 is 0 Å². The van der Waals surface area contributed by atoms with Gasteiger partial charge in [-0.3, -0.25) is 9.78 Å². The van der Waals surface area contributed by atoms with Crippen LogP contribution in [0.1, 0.15) is 47.8 Å². The van der Waals surface area contributed by atoms with Crippen LogP contribution < -0.4 is 10.2 Å². The number of pyridine rings is 1. The van der Waals surface area contributed by atoms with Gasteiger partial charge in [0.2, 0.25) is 0 Å². The van der Waals surface area contributed by atoms with Crippen molar-refractivity contribution >= 4 is 17.5 Å². The summed E-state index contributed by atoms with van der Waals surface area (Å²) in [5.74, 6) is 1.18. The molecule has 4 heterocycles. The predicted octanol–water partition coefficient (Wildman–Crippen LogP) is 2.62. The number of rotatable bonds is 3. The highest BCUT2D eigenvalue weighted by atomic mass is 16.5. The number of ether oxygens (including phenoxy) is 1. The maximum atomic E-state index is 13.0. The normalized spacial score (nSPS) is 19.9. The average molecular weight is 367 g/mol. The summed E-state index contributed by atoms with van der Waals surface area (Å²) in [6.45, 7) is 4.47. The zero-order valence-electron chi connectivity index (χ0n) is 15.6. The molecule has 1 amide bonds. The number of nitrogens with one attached hydrogen (secondary N) is 1. The van der Waals surface area contributed by atoms with E-state index in [-0.39, 0.29) is 5.91 Å². The summed E-state index contributed by atoms with van der Waals surface area (Å²) in [6, 6.07) is 2.37. The minimum absolute atomic E-state index is 0.165. The number of aromatic nitrogens is 3. The first kappa shape index (κ1) is 17.9. The Morgan fingerprint density at radius 3 is 2.96 bits per heavy atom. The molecule has 2 aliphatic heterocycles. The number of nitrogens with zero attached hydrogens (tertiary/aromatic N) is 4. The van der Waals surface area contributed by atoms with Crippen molar-refractivity contribution in [3.63, 3.8) is 0 Å². The molecule has 2 aliphatic rings. The Kier molecular flexibility index (Phi) is 5.29. The van der Waals surface area contributed by atoms with Crippen LogP contribution in [0.25, 0.3) is 0 Å². The van der Waals surface area contributed by atoms with Crippen LogP contribution in [-0.4, -0.2) is 46.7 Å². The molecule has 2 aromatic rings. The third-order valence-electron chi connectivity index (χ3n) is 5.32. The topological polar surface area (TPSA) is 80.2 Å². The molecule has 1 saturated heterocycles. The summed E-state index contributed by atoms with van der Waals surface area (Å²) in [6.07, 6.45) is 9.69. The van der Waals surface area contributed by atoms with Crippen LogP contribution in [0.4, 0.5) is 11.6 Å². The summed E-state index contributed by atoms with van der Waals surface area (Å²) >= 11 is 0. The molecule has 142 valence electrons. The molecule has 0 aromatic carbocycles. The zero-order valence-corrected chi connectivity index (χ0v) is 15.6. The molecular formula is C20H25N5O2. The molecule has 0 spiro atoms. The number of anilines is 2. The molecule has 1 unspecified atom stereocenters. The first-order chi connectivity index (χ1) is 13.2. The molecule has 0 radical (unpaired) electrons. The van der Waals surface area contributed by atoms with Crippen molar-refractivity contribution in [3.8, 4) is 0 Å². The van der Waals surface area contributed by atoms with Crippen LogP contribution in [0.15, 0.2) is 24.7 Å². The Bertz CT molecular complexity index is 812. The second-order valence-electron chi connectivity index (χ2n) is 7.15. The van der Waals surface area contributed by atoms with E-state index in [0.29, 0.717) is 37.1 Å². The van der Waals surface area contributed by atoms with Gasteiger partial charge in [-0.05, 0) is 44.2 Å². The summed E-state index contributed by atoms with van der Waals surface area (Å²) in [7, 11) is 0. The minimum atomic E-state index is -0.165. The molecule has 2 aromatic heterocycles. The number of hydrogen-bond donors (Lipinski definition) is 1. The van der Waals surface area contributed by atoms with Crippen molar-refractivity contribution in [2.45, 2.75) is 45.1 Å². The van der Waals surface area contributed by atoms with E-state index in [2.05, 4.69) is 27.1 Å². The first-order valence-corrected chi connectivity index (χ1v) is 9.67. The standard InChI is InChI=1S/C20H25N5O2/c1-14-4-2-3-9-25(14)19-12-16(15-5-10-27-11-6-17(15)23-19)20(26)24-18-13-21-7-8-22-18/h7-8,12-14H,2-6,9-11H2,1H3,(H,22,24,26). The van der Waals surface area contributed by atoms with Crippen molar-refractivity contribution in [1.29, 1.82) is 0 Å². The fraction of sp³-hybridized carbons (Fsp3) is 0.500. The van der Waals surface area contributed by atoms with Crippen LogP contribution in [0.3, 0.4) is 0 Å². The van der Waals surface area contributed by atoms with Gasteiger partial charge >= 0.3 is 0 Å². The van der Waals surface area contributed by atoms with Crippen molar-refractivity contribution in [2.24, 2.45) is 0 Å². The highest BCUT2D eigenvalue weighted by molar-refractivity contribution is 6.05. The van der Waals surface area contributed by atoms with E-state index < -0.39 is 0 Å². The lowest BCUT2D eigenvalue weighted by atomic mass is 9.99. The summed E-state index contributed by atoms with van der Waals surface area (Å²) in [5.41, 5.74) is 2.64. The maximum absolute atomic E-state index is 13.0. The van der Waals surface area contributed by atoms with E-state index in [1.807, 2.05) is 6.07 Å². The quantitative estimate of drug-likeness (QED) is 0.898. The number of fused-ring (bicyclic) bond motifs is 1. The van der Waals surface area contributed by atoms with Gasteiger partial charge in [-0.1, -0.05) is 0 Å². The fourth-order valence-electron chi connectivity index (χ4n) is 3.88. The summed E-state index contributed by atoms with van der Waals surface area (Å²) in [5, 5.41) is 2.87. The van der Waals surface area contributed by atoms with E-state index in [1.165, 1.54) is 6.42 Å². The Morgan fingerprint density at radius 1 is 1.26 bits per heavy atom. The second kappa shape index (κ2) is 8.00. The molecule has 1 atom stereocenters. The van der Waals surface area contributed by atoms with E-state index in [0.717, 1.165) is 42.9 Å². The molecule has 4 rings (SSSR count). The van der Waals surface area contributed by atoms with Crippen molar-refractivity contribution in [3.05, 3.63) is 41.5 Å². The van der Waals surface area contributed by atoms with E-state index in [4.69, 9.17) is 9.72 Å². The molecule has 0 bridgehead atoms. The van der Waals surface area contributed by atoms with Gasteiger partial charge in [0.1, 0.15) is 5.82 Å². The lowest BCUT2D eigenvalue weighted by Gasteiger charge is -2.35. The van der Waals surface area contributed by atoms with E-state index in [1.54, 1.807) is 18.6 Å².